The van der Waals surface area contributed by atoms with Crippen molar-refractivity contribution in [2.45, 2.75) is 51.9 Å². The third kappa shape index (κ3) is 6.76. The first-order valence-corrected chi connectivity index (χ1v) is 11.3. The Morgan fingerprint density at radius 2 is 1.93 bits per heavy atom. The van der Waals surface area contributed by atoms with Crippen molar-refractivity contribution < 1.29 is 14.7 Å². The summed E-state index contributed by atoms with van der Waals surface area (Å²) in [6, 6.07) is 7.61. The van der Waals surface area contributed by atoms with Crippen LogP contribution in [0, 0.1) is 0 Å². The summed E-state index contributed by atoms with van der Waals surface area (Å²) in [6.45, 7) is 7.20. The number of anilines is 1. The molecule has 0 atom stereocenters. The molecule has 4 N–H and O–H groups in total. The molecule has 1 saturated heterocycles. The fourth-order valence-corrected chi connectivity index (χ4v) is 3.82. The lowest BCUT2D eigenvalue weighted by Gasteiger charge is -2.23. The predicted octanol–water partition coefficient (Wildman–Crippen LogP) is 2.12. The van der Waals surface area contributed by atoms with Crippen LogP contribution < -0.4 is 20.5 Å². The number of aromatic hydroxyl groups is 1. The molecule has 30 heavy (non-hydrogen) atoms. The van der Waals surface area contributed by atoms with Gasteiger partial charge < -0.3 is 20.1 Å². The Morgan fingerprint density at radius 3 is 2.63 bits per heavy atom. The molecule has 0 bridgehead atoms. The lowest BCUT2D eigenvalue weighted by molar-refractivity contribution is -0.904. The number of nitrogens with zero attached hydrogens (tertiary/aromatic N) is 1. The number of rotatable bonds is 11. The summed E-state index contributed by atoms with van der Waals surface area (Å²) >= 11 is 0. The average Bonchev–Trinajstić information content (AvgIpc) is 2.76. The first-order valence-electron chi connectivity index (χ1n) is 11.3. The summed E-state index contributed by atoms with van der Waals surface area (Å²) < 4.78 is 5.66. The Hall–Kier alpha value is -2.54. The van der Waals surface area contributed by atoms with E-state index in [2.05, 4.69) is 22.2 Å². The summed E-state index contributed by atoms with van der Waals surface area (Å²) in [5, 5.41) is 13.4. The maximum atomic E-state index is 12.5. The van der Waals surface area contributed by atoms with Crippen molar-refractivity contribution in [1.82, 2.24) is 9.97 Å². The number of ether oxygens (including phenoxy) is 1. The van der Waals surface area contributed by atoms with Crippen LogP contribution in [0.5, 0.6) is 11.6 Å². The van der Waals surface area contributed by atoms with Gasteiger partial charge in [0.15, 0.2) is 0 Å². The topological polar surface area (TPSA) is 91.7 Å². The number of quaternary nitrogens is 1. The Bertz CT molecular complexity index is 829. The van der Waals surface area contributed by atoms with Crippen molar-refractivity contribution in [2.75, 3.05) is 38.1 Å². The van der Waals surface area contributed by atoms with Crippen LogP contribution in [0.15, 0.2) is 29.1 Å². The van der Waals surface area contributed by atoms with Gasteiger partial charge in [-0.1, -0.05) is 25.5 Å². The Kier molecular flexibility index (Phi) is 8.56. The number of unbranched alkanes of at least 4 members (excludes halogenated alkanes) is 1. The van der Waals surface area contributed by atoms with E-state index in [1.165, 1.54) is 32.4 Å². The molecule has 2 heterocycles. The molecule has 7 heteroatoms. The van der Waals surface area contributed by atoms with Gasteiger partial charge in [0.1, 0.15) is 5.75 Å². The monoisotopic (exact) mass is 415 g/mol. The van der Waals surface area contributed by atoms with Gasteiger partial charge in [-0.25, -0.2) is 0 Å². The zero-order chi connectivity index (χ0) is 21.2. The van der Waals surface area contributed by atoms with Gasteiger partial charge in [-0.05, 0) is 43.4 Å². The maximum absolute atomic E-state index is 12.5. The normalized spacial score (nSPS) is 14.6. The molecule has 0 unspecified atom stereocenters. The number of nitrogens with one attached hydrogen (secondary N) is 3. The molecule has 0 amide bonds. The highest BCUT2D eigenvalue weighted by Gasteiger charge is 2.14. The van der Waals surface area contributed by atoms with E-state index >= 15 is 0 Å². The van der Waals surface area contributed by atoms with Gasteiger partial charge in [-0.3, -0.25) is 9.78 Å². The fraction of sp³-hybridized carbons (Fsp3) is 0.565. The molecule has 1 aliphatic heterocycles. The van der Waals surface area contributed by atoms with Crippen LogP contribution in [0.1, 0.15) is 56.6 Å². The number of likely N-dealkylation sites (tertiary alicyclic amines) is 1. The highest BCUT2D eigenvalue weighted by atomic mass is 16.5. The minimum Gasteiger partial charge on any atom is -0.494 e. The molecule has 1 aromatic heterocycles. The largest absolute Gasteiger partial charge is 0.494 e. The molecular weight excluding hydrogens is 380 g/mol. The Labute approximate surface area is 178 Å². The second kappa shape index (κ2) is 11.6. The van der Waals surface area contributed by atoms with Gasteiger partial charge in [-0.15, -0.1) is 0 Å². The molecule has 7 nitrogen and oxygen atoms in total. The van der Waals surface area contributed by atoms with E-state index in [1.807, 2.05) is 24.3 Å². The van der Waals surface area contributed by atoms with E-state index in [9.17, 15) is 9.90 Å². The molecule has 1 aliphatic rings. The standard InChI is InChI=1S/C23H34N4O3/c1-2-3-16-30-19-10-8-18(9-11-19)17-20-21(28)25-23(26-22(20)29)24-12-7-15-27-13-5-4-6-14-27/h8-11H,2-7,12-17H2,1H3,(H3,24,25,26,28,29)/p+1. The Morgan fingerprint density at radius 1 is 1.17 bits per heavy atom. The molecule has 1 aromatic carbocycles. The van der Waals surface area contributed by atoms with E-state index in [4.69, 9.17) is 4.74 Å². The minimum atomic E-state index is -0.310. The molecule has 0 aliphatic carbocycles. The van der Waals surface area contributed by atoms with Gasteiger partial charge in [-0.2, -0.15) is 4.98 Å². The third-order valence-corrected chi connectivity index (χ3v) is 5.62. The highest BCUT2D eigenvalue weighted by Crippen LogP contribution is 2.18. The number of hydrogen-bond acceptors (Lipinski definition) is 5. The molecule has 0 saturated carbocycles. The smallest absolute Gasteiger partial charge is 0.259 e. The lowest BCUT2D eigenvalue weighted by Crippen LogP contribution is -3.12. The van der Waals surface area contributed by atoms with E-state index < -0.39 is 0 Å². The van der Waals surface area contributed by atoms with Gasteiger partial charge in [0.2, 0.25) is 11.8 Å². The Balaban J connectivity index is 1.50. The van der Waals surface area contributed by atoms with Crippen molar-refractivity contribution in [3.8, 4) is 11.6 Å². The average molecular weight is 416 g/mol. The molecule has 3 rings (SSSR count). The van der Waals surface area contributed by atoms with Crippen LogP contribution in [0.4, 0.5) is 5.95 Å². The summed E-state index contributed by atoms with van der Waals surface area (Å²) in [4.78, 5) is 21.0. The summed E-state index contributed by atoms with van der Waals surface area (Å²) in [7, 11) is 0. The minimum absolute atomic E-state index is 0.217. The van der Waals surface area contributed by atoms with Crippen LogP contribution >= 0.6 is 0 Å². The van der Waals surface area contributed by atoms with Gasteiger partial charge in [0, 0.05) is 19.4 Å². The highest BCUT2D eigenvalue weighted by molar-refractivity contribution is 5.37. The van der Waals surface area contributed by atoms with Crippen LogP contribution in [0.2, 0.25) is 0 Å². The van der Waals surface area contributed by atoms with E-state index in [1.54, 1.807) is 4.90 Å². The number of hydrogen-bond donors (Lipinski definition) is 4. The number of benzene rings is 1. The molecular formula is C23H35N4O3+. The number of aromatic amines is 1. The summed E-state index contributed by atoms with van der Waals surface area (Å²) in [5.74, 6) is 0.926. The predicted molar refractivity (Wildman–Crippen MR) is 119 cm³/mol. The van der Waals surface area contributed by atoms with Crippen LogP contribution in [0.3, 0.4) is 0 Å². The van der Waals surface area contributed by atoms with Gasteiger partial charge in [0.25, 0.3) is 5.56 Å². The number of H-pyrrole nitrogens is 1. The maximum Gasteiger partial charge on any atom is 0.259 e. The molecule has 164 valence electrons. The van der Waals surface area contributed by atoms with E-state index in [0.29, 0.717) is 19.0 Å². The lowest BCUT2D eigenvalue weighted by atomic mass is 10.1. The fourth-order valence-electron chi connectivity index (χ4n) is 3.82. The van der Waals surface area contributed by atoms with Crippen molar-refractivity contribution in [1.29, 1.82) is 0 Å². The first kappa shape index (κ1) is 22.2. The van der Waals surface area contributed by atoms with Gasteiger partial charge >= 0.3 is 0 Å². The number of aromatic nitrogens is 2. The van der Waals surface area contributed by atoms with Crippen molar-refractivity contribution >= 4 is 5.95 Å². The zero-order valence-electron chi connectivity index (χ0n) is 18.0. The summed E-state index contributed by atoms with van der Waals surface area (Å²) in [5.41, 5.74) is 0.888. The van der Waals surface area contributed by atoms with Crippen LogP contribution in [-0.4, -0.2) is 47.9 Å². The molecule has 2 aromatic rings. The third-order valence-electron chi connectivity index (χ3n) is 5.62. The first-order chi connectivity index (χ1) is 14.7. The van der Waals surface area contributed by atoms with E-state index in [-0.39, 0.29) is 17.0 Å². The van der Waals surface area contributed by atoms with Crippen LogP contribution in [-0.2, 0) is 6.42 Å². The van der Waals surface area contributed by atoms with Crippen molar-refractivity contribution in [3.63, 3.8) is 0 Å². The van der Waals surface area contributed by atoms with E-state index in [0.717, 1.165) is 43.7 Å². The molecule has 0 spiro atoms. The van der Waals surface area contributed by atoms with Crippen molar-refractivity contribution in [2.24, 2.45) is 0 Å². The second-order valence-corrected chi connectivity index (χ2v) is 8.08. The quantitative estimate of drug-likeness (QED) is 0.422. The molecule has 1 fully saturated rings. The second-order valence-electron chi connectivity index (χ2n) is 8.08. The summed E-state index contributed by atoms with van der Waals surface area (Å²) in [6.07, 6.45) is 7.45. The van der Waals surface area contributed by atoms with Gasteiger partial charge in [0.05, 0.1) is 31.8 Å². The molecule has 0 radical (unpaired) electrons. The number of piperidine rings is 1. The zero-order valence-corrected chi connectivity index (χ0v) is 18.0. The SMILES string of the molecule is CCCCOc1ccc(Cc2c(O)nc(NCCC[NH+]3CCCCC3)[nH]c2=O)cc1. The van der Waals surface area contributed by atoms with Crippen LogP contribution in [0.25, 0.3) is 0 Å². The van der Waals surface area contributed by atoms with Crippen molar-refractivity contribution in [3.05, 3.63) is 45.7 Å².